The average Bonchev–Trinajstić information content (AvgIpc) is 2.70. The molecule has 20 heavy (non-hydrogen) atoms. The van der Waals surface area contributed by atoms with Crippen LogP contribution >= 0.6 is 11.6 Å². The van der Waals surface area contributed by atoms with Crippen LogP contribution in [0.4, 0.5) is 5.69 Å². The standard InChI is InChI=1S/C16H23ClN2O/c1-12(18-14-6-4-2-3-5-7-14)16(20)19-15-10-8-13(17)9-11-15/h8-12,14,18H,2-7H2,1H3,(H,19,20)/t12-/m1/s1. The summed E-state index contributed by atoms with van der Waals surface area (Å²) in [6.45, 7) is 1.93. The fraction of sp³-hybridized carbons (Fsp3) is 0.562. The zero-order valence-corrected chi connectivity index (χ0v) is 12.7. The van der Waals surface area contributed by atoms with Crippen molar-refractivity contribution in [3.05, 3.63) is 29.3 Å². The molecule has 2 rings (SSSR count). The highest BCUT2D eigenvalue weighted by atomic mass is 35.5. The second-order valence-corrected chi connectivity index (χ2v) is 6.01. The van der Waals surface area contributed by atoms with E-state index in [1.54, 1.807) is 12.1 Å². The van der Waals surface area contributed by atoms with Gasteiger partial charge in [-0.25, -0.2) is 0 Å². The number of halogens is 1. The van der Waals surface area contributed by atoms with Gasteiger partial charge in [0, 0.05) is 16.8 Å². The SMILES string of the molecule is C[C@@H](NC1CCCCCC1)C(=O)Nc1ccc(Cl)cc1. The molecule has 0 saturated heterocycles. The van der Waals surface area contributed by atoms with Crippen molar-refractivity contribution >= 4 is 23.2 Å². The van der Waals surface area contributed by atoms with Crippen LogP contribution in [0.3, 0.4) is 0 Å². The fourth-order valence-electron chi connectivity index (χ4n) is 2.66. The van der Waals surface area contributed by atoms with Gasteiger partial charge in [-0.1, -0.05) is 37.3 Å². The molecule has 1 fully saturated rings. The lowest BCUT2D eigenvalue weighted by atomic mass is 10.1. The van der Waals surface area contributed by atoms with E-state index in [4.69, 9.17) is 11.6 Å². The first-order chi connectivity index (χ1) is 9.65. The highest BCUT2D eigenvalue weighted by Gasteiger charge is 2.19. The summed E-state index contributed by atoms with van der Waals surface area (Å²) in [5, 5.41) is 7.04. The molecular formula is C16H23ClN2O. The molecule has 1 atom stereocenters. The van der Waals surface area contributed by atoms with Crippen molar-refractivity contribution in [3.8, 4) is 0 Å². The van der Waals surface area contributed by atoms with E-state index >= 15 is 0 Å². The Morgan fingerprint density at radius 2 is 1.75 bits per heavy atom. The smallest absolute Gasteiger partial charge is 0.241 e. The van der Waals surface area contributed by atoms with E-state index in [1.165, 1.54) is 38.5 Å². The first-order valence-electron chi connectivity index (χ1n) is 7.47. The molecule has 1 aromatic carbocycles. The Kier molecular flexibility index (Phi) is 5.86. The van der Waals surface area contributed by atoms with Gasteiger partial charge in [-0.15, -0.1) is 0 Å². The summed E-state index contributed by atoms with van der Waals surface area (Å²) in [5.74, 6) is 0.0107. The molecule has 0 spiro atoms. The minimum Gasteiger partial charge on any atom is -0.325 e. The number of carbonyl (C=O) groups is 1. The predicted molar refractivity (Wildman–Crippen MR) is 84.2 cm³/mol. The van der Waals surface area contributed by atoms with Gasteiger partial charge in [0.15, 0.2) is 0 Å². The summed E-state index contributed by atoms with van der Waals surface area (Å²) in [5.41, 5.74) is 0.786. The summed E-state index contributed by atoms with van der Waals surface area (Å²) in [7, 11) is 0. The number of amides is 1. The molecule has 0 aliphatic heterocycles. The number of nitrogens with one attached hydrogen (secondary N) is 2. The maximum Gasteiger partial charge on any atom is 0.241 e. The van der Waals surface area contributed by atoms with E-state index in [0.717, 1.165) is 5.69 Å². The van der Waals surface area contributed by atoms with Crippen LogP contribution in [0.25, 0.3) is 0 Å². The van der Waals surface area contributed by atoms with Crippen LogP contribution in [0.2, 0.25) is 5.02 Å². The van der Waals surface area contributed by atoms with Gasteiger partial charge in [0.2, 0.25) is 5.91 Å². The largest absolute Gasteiger partial charge is 0.325 e. The number of carbonyl (C=O) groups excluding carboxylic acids is 1. The predicted octanol–water partition coefficient (Wildman–Crippen LogP) is 3.98. The first-order valence-corrected chi connectivity index (χ1v) is 7.85. The lowest BCUT2D eigenvalue weighted by Gasteiger charge is -2.21. The molecule has 1 aliphatic carbocycles. The summed E-state index contributed by atoms with van der Waals surface area (Å²) in [6, 6.07) is 7.50. The first kappa shape index (κ1) is 15.3. The molecule has 0 heterocycles. The van der Waals surface area contributed by atoms with E-state index in [1.807, 2.05) is 19.1 Å². The summed E-state index contributed by atoms with van der Waals surface area (Å²) >= 11 is 5.83. The lowest BCUT2D eigenvalue weighted by Crippen LogP contribution is -2.43. The van der Waals surface area contributed by atoms with Gasteiger partial charge in [0.25, 0.3) is 0 Å². The minimum atomic E-state index is -0.172. The van der Waals surface area contributed by atoms with Crippen molar-refractivity contribution < 1.29 is 4.79 Å². The van der Waals surface area contributed by atoms with E-state index in [0.29, 0.717) is 11.1 Å². The lowest BCUT2D eigenvalue weighted by molar-refractivity contribution is -0.118. The van der Waals surface area contributed by atoms with Crippen molar-refractivity contribution in [1.82, 2.24) is 5.32 Å². The molecule has 1 amide bonds. The molecule has 3 nitrogen and oxygen atoms in total. The Bertz CT molecular complexity index is 425. The maximum atomic E-state index is 12.2. The zero-order valence-electron chi connectivity index (χ0n) is 12.0. The highest BCUT2D eigenvalue weighted by molar-refractivity contribution is 6.30. The molecule has 2 N–H and O–H groups in total. The molecule has 1 aromatic rings. The topological polar surface area (TPSA) is 41.1 Å². The van der Waals surface area contributed by atoms with E-state index < -0.39 is 0 Å². The van der Waals surface area contributed by atoms with Gasteiger partial charge in [0.05, 0.1) is 6.04 Å². The third kappa shape index (κ3) is 4.80. The molecule has 0 bridgehead atoms. The van der Waals surface area contributed by atoms with Gasteiger partial charge >= 0.3 is 0 Å². The highest BCUT2D eigenvalue weighted by Crippen LogP contribution is 2.18. The molecule has 0 radical (unpaired) electrons. The Labute approximate surface area is 126 Å². The van der Waals surface area contributed by atoms with Gasteiger partial charge < -0.3 is 10.6 Å². The third-order valence-electron chi connectivity index (χ3n) is 3.85. The van der Waals surface area contributed by atoms with Crippen molar-refractivity contribution in [2.45, 2.75) is 57.5 Å². The Balaban J connectivity index is 1.83. The normalized spacial score (nSPS) is 18.3. The average molecular weight is 295 g/mol. The van der Waals surface area contributed by atoms with Crippen LogP contribution in [0, 0.1) is 0 Å². The summed E-state index contributed by atoms with van der Waals surface area (Å²) < 4.78 is 0. The van der Waals surface area contributed by atoms with Gasteiger partial charge in [-0.2, -0.15) is 0 Å². The fourth-order valence-corrected chi connectivity index (χ4v) is 2.78. The second kappa shape index (κ2) is 7.65. The summed E-state index contributed by atoms with van der Waals surface area (Å²) in [4.78, 5) is 12.2. The van der Waals surface area contributed by atoms with Crippen molar-refractivity contribution in [1.29, 1.82) is 0 Å². The van der Waals surface area contributed by atoms with Crippen LogP contribution in [-0.4, -0.2) is 18.0 Å². The van der Waals surface area contributed by atoms with Crippen LogP contribution < -0.4 is 10.6 Å². The van der Waals surface area contributed by atoms with E-state index in [-0.39, 0.29) is 11.9 Å². The molecule has 0 aromatic heterocycles. The van der Waals surface area contributed by atoms with Crippen molar-refractivity contribution in [2.24, 2.45) is 0 Å². The van der Waals surface area contributed by atoms with Gasteiger partial charge in [-0.05, 0) is 44.0 Å². The second-order valence-electron chi connectivity index (χ2n) is 5.57. The number of rotatable bonds is 4. The Morgan fingerprint density at radius 1 is 1.15 bits per heavy atom. The maximum absolute atomic E-state index is 12.2. The monoisotopic (exact) mass is 294 g/mol. The minimum absolute atomic E-state index is 0.0107. The number of benzene rings is 1. The van der Waals surface area contributed by atoms with Crippen LogP contribution in [0.5, 0.6) is 0 Å². The Morgan fingerprint density at radius 3 is 2.35 bits per heavy atom. The van der Waals surface area contributed by atoms with Gasteiger partial charge in [-0.3, -0.25) is 4.79 Å². The summed E-state index contributed by atoms with van der Waals surface area (Å²) in [6.07, 6.45) is 7.54. The molecule has 1 saturated carbocycles. The van der Waals surface area contributed by atoms with Crippen molar-refractivity contribution in [2.75, 3.05) is 5.32 Å². The number of anilines is 1. The Hall–Kier alpha value is -1.06. The van der Waals surface area contributed by atoms with Crippen molar-refractivity contribution in [3.63, 3.8) is 0 Å². The molecule has 4 heteroatoms. The van der Waals surface area contributed by atoms with Crippen LogP contribution in [0.15, 0.2) is 24.3 Å². The quantitative estimate of drug-likeness (QED) is 0.825. The zero-order chi connectivity index (χ0) is 14.4. The van der Waals surface area contributed by atoms with Gasteiger partial charge in [0.1, 0.15) is 0 Å². The van der Waals surface area contributed by atoms with Crippen LogP contribution in [-0.2, 0) is 4.79 Å². The molecule has 0 unspecified atom stereocenters. The number of hydrogen-bond donors (Lipinski definition) is 2. The van der Waals surface area contributed by atoms with Crippen LogP contribution in [0.1, 0.15) is 45.4 Å². The third-order valence-corrected chi connectivity index (χ3v) is 4.10. The molecule has 1 aliphatic rings. The van der Waals surface area contributed by atoms with E-state index in [2.05, 4.69) is 10.6 Å². The van der Waals surface area contributed by atoms with E-state index in [9.17, 15) is 4.79 Å². The molecular weight excluding hydrogens is 272 g/mol. The number of hydrogen-bond acceptors (Lipinski definition) is 2. The molecule has 110 valence electrons.